The second-order valence-corrected chi connectivity index (χ2v) is 4.20. The van der Waals surface area contributed by atoms with Gasteiger partial charge >= 0.3 is 5.97 Å². The van der Waals surface area contributed by atoms with Crippen LogP contribution in [0.4, 0.5) is 5.95 Å². The number of hydrogen-bond acceptors (Lipinski definition) is 5. The molecular formula is C10H14BrN3O3. The van der Waals surface area contributed by atoms with Crippen LogP contribution in [-0.2, 0) is 4.79 Å². The molecule has 1 aromatic heterocycles. The van der Waals surface area contributed by atoms with Crippen molar-refractivity contribution < 1.29 is 14.6 Å². The Labute approximate surface area is 108 Å². The van der Waals surface area contributed by atoms with E-state index < -0.39 is 5.97 Å². The second-order valence-electron chi connectivity index (χ2n) is 3.34. The molecule has 94 valence electrons. The van der Waals surface area contributed by atoms with Crippen LogP contribution < -0.4 is 9.64 Å². The Morgan fingerprint density at radius 3 is 2.88 bits per heavy atom. The number of carbonyl (C=O) groups is 1. The maximum Gasteiger partial charge on any atom is 0.323 e. The van der Waals surface area contributed by atoms with Crippen molar-refractivity contribution in [1.82, 2.24) is 9.97 Å². The van der Waals surface area contributed by atoms with E-state index >= 15 is 0 Å². The lowest BCUT2D eigenvalue weighted by molar-refractivity contribution is -0.135. The van der Waals surface area contributed by atoms with Crippen molar-refractivity contribution in [2.75, 3.05) is 25.1 Å². The third kappa shape index (κ3) is 3.85. The van der Waals surface area contributed by atoms with Gasteiger partial charge in [0.25, 0.3) is 0 Å². The molecule has 0 saturated heterocycles. The Morgan fingerprint density at radius 1 is 1.65 bits per heavy atom. The van der Waals surface area contributed by atoms with Gasteiger partial charge in [-0.1, -0.05) is 6.92 Å². The molecular weight excluding hydrogens is 290 g/mol. The number of ether oxygens (including phenoxy) is 1. The zero-order valence-corrected chi connectivity index (χ0v) is 11.3. The molecule has 0 saturated carbocycles. The number of nitrogens with zero attached hydrogens (tertiary/aromatic N) is 3. The fourth-order valence-corrected chi connectivity index (χ4v) is 1.67. The highest BCUT2D eigenvalue weighted by atomic mass is 79.9. The van der Waals surface area contributed by atoms with E-state index in [0.717, 1.165) is 6.42 Å². The van der Waals surface area contributed by atoms with E-state index in [0.29, 0.717) is 22.8 Å². The normalized spacial score (nSPS) is 10.1. The van der Waals surface area contributed by atoms with E-state index in [1.807, 2.05) is 6.92 Å². The van der Waals surface area contributed by atoms with Crippen LogP contribution in [0.1, 0.15) is 13.3 Å². The first kappa shape index (κ1) is 13.7. The number of aliphatic carboxylic acids is 1. The molecule has 0 aliphatic heterocycles. The average molecular weight is 304 g/mol. The monoisotopic (exact) mass is 303 g/mol. The molecule has 6 nitrogen and oxygen atoms in total. The Balaban J connectivity index is 2.96. The lowest BCUT2D eigenvalue weighted by Crippen LogP contribution is -2.31. The average Bonchev–Trinajstić information content (AvgIpc) is 2.28. The SMILES string of the molecule is CCCN(CC(=O)O)c1ncc(Br)c(OC)n1. The molecule has 0 unspecified atom stereocenters. The van der Waals surface area contributed by atoms with Crippen molar-refractivity contribution in [2.45, 2.75) is 13.3 Å². The molecule has 0 spiro atoms. The molecule has 0 aliphatic carbocycles. The Kier molecular flexibility index (Phi) is 5.14. The highest BCUT2D eigenvalue weighted by Crippen LogP contribution is 2.23. The van der Waals surface area contributed by atoms with Gasteiger partial charge in [-0.25, -0.2) is 4.98 Å². The molecule has 0 fully saturated rings. The summed E-state index contributed by atoms with van der Waals surface area (Å²) in [6.07, 6.45) is 2.36. The maximum atomic E-state index is 10.7. The summed E-state index contributed by atoms with van der Waals surface area (Å²) >= 11 is 3.24. The molecule has 0 aliphatic rings. The van der Waals surface area contributed by atoms with Crippen molar-refractivity contribution >= 4 is 27.8 Å². The van der Waals surface area contributed by atoms with Gasteiger partial charge in [-0.2, -0.15) is 4.98 Å². The van der Waals surface area contributed by atoms with Gasteiger partial charge in [-0.3, -0.25) is 4.79 Å². The van der Waals surface area contributed by atoms with Crippen LogP contribution in [0.15, 0.2) is 10.7 Å². The minimum atomic E-state index is -0.913. The predicted octanol–water partition coefficient (Wildman–Crippen LogP) is 1.55. The Bertz CT molecular complexity index is 400. The predicted molar refractivity (Wildman–Crippen MR) is 66.4 cm³/mol. The van der Waals surface area contributed by atoms with Crippen LogP contribution >= 0.6 is 15.9 Å². The van der Waals surface area contributed by atoms with E-state index in [1.54, 1.807) is 11.1 Å². The second kappa shape index (κ2) is 6.39. The van der Waals surface area contributed by atoms with Crippen molar-refractivity contribution in [2.24, 2.45) is 0 Å². The van der Waals surface area contributed by atoms with Gasteiger partial charge in [0.05, 0.1) is 17.8 Å². The molecule has 1 rings (SSSR count). The number of rotatable bonds is 6. The summed E-state index contributed by atoms with van der Waals surface area (Å²) in [5.74, 6) is -0.167. The molecule has 0 bridgehead atoms. The van der Waals surface area contributed by atoms with E-state index in [1.165, 1.54) is 7.11 Å². The molecule has 1 aromatic rings. The maximum absolute atomic E-state index is 10.7. The summed E-state index contributed by atoms with van der Waals surface area (Å²) in [5, 5.41) is 8.82. The molecule has 0 atom stereocenters. The summed E-state index contributed by atoms with van der Waals surface area (Å²) in [4.78, 5) is 20.6. The van der Waals surface area contributed by atoms with Gasteiger partial charge in [0.2, 0.25) is 11.8 Å². The minimum Gasteiger partial charge on any atom is -0.480 e. The minimum absolute atomic E-state index is 0.126. The fraction of sp³-hybridized carbons (Fsp3) is 0.500. The molecule has 0 radical (unpaired) electrons. The van der Waals surface area contributed by atoms with Crippen molar-refractivity contribution in [3.63, 3.8) is 0 Å². The standard InChI is InChI=1S/C10H14BrN3O3/c1-3-4-14(6-8(15)16)10-12-5-7(11)9(13-10)17-2/h5H,3-4,6H2,1-2H3,(H,15,16). The van der Waals surface area contributed by atoms with Crippen LogP contribution in [-0.4, -0.2) is 41.2 Å². The van der Waals surface area contributed by atoms with Gasteiger partial charge in [-0.05, 0) is 22.4 Å². The number of halogens is 1. The zero-order chi connectivity index (χ0) is 12.8. The number of aromatic nitrogens is 2. The molecule has 1 N–H and O–H groups in total. The lowest BCUT2D eigenvalue weighted by atomic mass is 10.4. The third-order valence-corrected chi connectivity index (χ3v) is 2.54. The number of carboxylic acids is 1. The lowest BCUT2D eigenvalue weighted by Gasteiger charge is -2.20. The number of anilines is 1. The van der Waals surface area contributed by atoms with E-state index in [4.69, 9.17) is 9.84 Å². The first-order valence-electron chi connectivity index (χ1n) is 5.11. The zero-order valence-electron chi connectivity index (χ0n) is 9.68. The molecule has 1 heterocycles. The van der Waals surface area contributed by atoms with Crippen LogP contribution in [0.2, 0.25) is 0 Å². The Morgan fingerprint density at radius 2 is 2.35 bits per heavy atom. The summed E-state index contributed by atoms with van der Waals surface area (Å²) in [6, 6.07) is 0. The van der Waals surface area contributed by atoms with Gasteiger partial charge in [0, 0.05) is 6.54 Å². The summed E-state index contributed by atoms with van der Waals surface area (Å²) < 4.78 is 5.68. The van der Waals surface area contributed by atoms with Crippen molar-refractivity contribution in [1.29, 1.82) is 0 Å². The number of carboxylic acid groups (broad SMARTS) is 1. The van der Waals surface area contributed by atoms with Crippen LogP contribution in [0, 0.1) is 0 Å². The molecule has 0 aromatic carbocycles. The third-order valence-electron chi connectivity index (χ3n) is 2.00. The van der Waals surface area contributed by atoms with Crippen LogP contribution in [0.25, 0.3) is 0 Å². The highest BCUT2D eigenvalue weighted by molar-refractivity contribution is 9.10. The first-order valence-corrected chi connectivity index (χ1v) is 5.91. The number of hydrogen-bond donors (Lipinski definition) is 1. The quantitative estimate of drug-likeness (QED) is 0.859. The Hall–Kier alpha value is -1.37. The van der Waals surface area contributed by atoms with E-state index in [9.17, 15) is 4.79 Å². The van der Waals surface area contributed by atoms with Crippen LogP contribution in [0.5, 0.6) is 5.88 Å². The van der Waals surface area contributed by atoms with E-state index in [-0.39, 0.29) is 6.54 Å². The van der Waals surface area contributed by atoms with Crippen molar-refractivity contribution in [3.05, 3.63) is 10.7 Å². The summed E-state index contributed by atoms with van der Waals surface area (Å²) in [5.41, 5.74) is 0. The molecule has 7 heteroatoms. The molecule has 0 amide bonds. The van der Waals surface area contributed by atoms with Crippen molar-refractivity contribution in [3.8, 4) is 5.88 Å². The van der Waals surface area contributed by atoms with Gasteiger partial charge in [0.1, 0.15) is 6.54 Å². The van der Waals surface area contributed by atoms with Gasteiger partial charge < -0.3 is 14.7 Å². The van der Waals surface area contributed by atoms with Crippen LogP contribution in [0.3, 0.4) is 0 Å². The topological polar surface area (TPSA) is 75.6 Å². The van der Waals surface area contributed by atoms with Gasteiger partial charge in [0.15, 0.2) is 0 Å². The first-order chi connectivity index (χ1) is 8.08. The summed E-state index contributed by atoms with van der Waals surface area (Å²) in [7, 11) is 1.50. The largest absolute Gasteiger partial charge is 0.480 e. The smallest absolute Gasteiger partial charge is 0.323 e. The molecule has 17 heavy (non-hydrogen) atoms. The van der Waals surface area contributed by atoms with E-state index in [2.05, 4.69) is 25.9 Å². The van der Waals surface area contributed by atoms with Gasteiger partial charge in [-0.15, -0.1) is 0 Å². The fourth-order valence-electron chi connectivity index (χ4n) is 1.32. The summed E-state index contributed by atoms with van der Waals surface area (Å²) in [6.45, 7) is 2.42. The highest BCUT2D eigenvalue weighted by Gasteiger charge is 2.14. The number of methoxy groups -OCH3 is 1.